The first-order valence-corrected chi connectivity index (χ1v) is 8.63. The molecule has 2 aromatic heterocycles. The summed E-state index contributed by atoms with van der Waals surface area (Å²) in [5.74, 6) is 0.157. The second-order valence-electron chi connectivity index (χ2n) is 6.32. The summed E-state index contributed by atoms with van der Waals surface area (Å²) in [6, 6.07) is 20.5. The predicted molar refractivity (Wildman–Crippen MR) is 105 cm³/mol. The number of nitrogens with one attached hydrogen (secondary N) is 2. The maximum Gasteiger partial charge on any atom is 0.276 e. The molecular formula is C21H18N4O2. The predicted octanol–water partition coefficient (Wildman–Crippen LogP) is 3.18. The van der Waals surface area contributed by atoms with Gasteiger partial charge in [0.15, 0.2) is 0 Å². The molecule has 0 radical (unpaired) electrons. The lowest BCUT2D eigenvalue weighted by molar-refractivity contribution is -0.115. The van der Waals surface area contributed by atoms with Crippen molar-refractivity contribution in [3.8, 4) is 11.1 Å². The molecule has 0 saturated carbocycles. The lowest BCUT2D eigenvalue weighted by Gasteiger charge is -2.07. The number of hydrogen-bond donors (Lipinski definition) is 2. The zero-order chi connectivity index (χ0) is 18.8. The van der Waals surface area contributed by atoms with Gasteiger partial charge in [-0.15, -0.1) is 0 Å². The van der Waals surface area contributed by atoms with Crippen LogP contribution in [0.15, 0.2) is 71.5 Å². The van der Waals surface area contributed by atoms with Gasteiger partial charge in [-0.3, -0.25) is 9.59 Å². The highest BCUT2D eigenvalue weighted by molar-refractivity contribution is 5.92. The summed E-state index contributed by atoms with van der Waals surface area (Å²) in [6.07, 6.45) is 0.234. The zero-order valence-corrected chi connectivity index (χ0v) is 14.8. The van der Waals surface area contributed by atoms with Crippen LogP contribution in [-0.4, -0.2) is 20.5 Å². The number of aromatic amines is 1. The van der Waals surface area contributed by atoms with Crippen LogP contribution in [0.2, 0.25) is 0 Å². The molecule has 2 aromatic carbocycles. The summed E-state index contributed by atoms with van der Waals surface area (Å²) in [5, 5.41) is 7.11. The average Bonchev–Trinajstić information content (AvgIpc) is 3.00. The highest BCUT2D eigenvalue weighted by Gasteiger charge is 2.15. The van der Waals surface area contributed by atoms with E-state index in [-0.39, 0.29) is 17.9 Å². The first kappa shape index (κ1) is 16.8. The molecule has 27 heavy (non-hydrogen) atoms. The Kier molecular flexibility index (Phi) is 4.30. The van der Waals surface area contributed by atoms with Crippen LogP contribution in [0.5, 0.6) is 0 Å². The molecule has 0 aliphatic carbocycles. The van der Waals surface area contributed by atoms with Gasteiger partial charge in [0.05, 0.1) is 12.1 Å². The molecule has 0 unspecified atom stereocenters. The Morgan fingerprint density at radius 1 is 1.07 bits per heavy atom. The average molecular weight is 358 g/mol. The van der Waals surface area contributed by atoms with E-state index in [9.17, 15) is 9.59 Å². The third-order valence-corrected chi connectivity index (χ3v) is 4.33. The van der Waals surface area contributed by atoms with Crippen molar-refractivity contribution in [3.05, 3.63) is 88.3 Å². The standard InChI is InChI=1S/C21H18N4O2/c1-14-20(16-10-6-3-7-11-16)21-23-17(13-19(27)25(21)24-14)22-18(26)12-15-8-4-2-5-9-15/h2-11,13,23H,12H2,1H3,(H,22,26). The van der Waals surface area contributed by atoms with E-state index in [0.29, 0.717) is 11.5 Å². The largest absolute Gasteiger partial charge is 0.326 e. The number of hydrogen-bond acceptors (Lipinski definition) is 3. The molecule has 4 rings (SSSR count). The number of rotatable bonds is 4. The minimum Gasteiger partial charge on any atom is -0.326 e. The number of carbonyl (C=O) groups excluding carboxylic acids is 1. The smallest absolute Gasteiger partial charge is 0.276 e. The van der Waals surface area contributed by atoms with Crippen molar-refractivity contribution in [2.45, 2.75) is 13.3 Å². The molecular weight excluding hydrogens is 340 g/mol. The molecule has 6 nitrogen and oxygen atoms in total. The van der Waals surface area contributed by atoms with E-state index in [2.05, 4.69) is 15.4 Å². The Morgan fingerprint density at radius 2 is 1.74 bits per heavy atom. The van der Waals surface area contributed by atoms with Gasteiger partial charge < -0.3 is 10.3 Å². The summed E-state index contributed by atoms with van der Waals surface area (Å²) >= 11 is 0. The minimum absolute atomic E-state index is 0.196. The molecule has 0 spiro atoms. The van der Waals surface area contributed by atoms with Crippen molar-refractivity contribution in [1.82, 2.24) is 14.6 Å². The van der Waals surface area contributed by atoms with Gasteiger partial charge in [0, 0.05) is 11.6 Å². The molecule has 134 valence electrons. The summed E-state index contributed by atoms with van der Waals surface area (Å²) in [7, 11) is 0. The third-order valence-electron chi connectivity index (χ3n) is 4.33. The van der Waals surface area contributed by atoms with Gasteiger partial charge in [-0.2, -0.15) is 9.61 Å². The SMILES string of the molecule is Cc1nn2c(=O)cc(NC(=O)Cc3ccccc3)[nH]c2c1-c1ccccc1. The highest BCUT2D eigenvalue weighted by Crippen LogP contribution is 2.26. The van der Waals surface area contributed by atoms with E-state index in [1.807, 2.05) is 67.6 Å². The lowest BCUT2D eigenvalue weighted by atomic mass is 10.1. The third kappa shape index (κ3) is 3.37. The first-order valence-electron chi connectivity index (χ1n) is 8.63. The van der Waals surface area contributed by atoms with Crippen LogP contribution in [0.3, 0.4) is 0 Å². The normalized spacial score (nSPS) is 10.9. The fourth-order valence-corrected chi connectivity index (χ4v) is 3.14. The van der Waals surface area contributed by atoms with Gasteiger partial charge in [0.1, 0.15) is 11.5 Å². The van der Waals surface area contributed by atoms with Crippen molar-refractivity contribution < 1.29 is 4.79 Å². The molecule has 4 aromatic rings. The maximum absolute atomic E-state index is 12.5. The van der Waals surface area contributed by atoms with E-state index in [4.69, 9.17) is 0 Å². The molecule has 2 heterocycles. The van der Waals surface area contributed by atoms with Crippen LogP contribution >= 0.6 is 0 Å². The van der Waals surface area contributed by atoms with E-state index in [1.54, 1.807) is 0 Å². The van der Waals surface area contributed by atoms with E-state index in [0.717, 1.165) is 22.4 Å². The van der Waals surface area contributed by atoms with Crippen molar-refractivity contribution in [1.29, 1.82) is 0 Å². The highest BCUT2D eigenvalue weighted by atomic mass is 16.2. The van der Waals surface area contributed by atoms with Crippen molar-refractivity contribution in [2.75, 3.05) is 5.32 Å². The molecule has 0 saturated heterocycles. The van der Waals surface area contributed by atoms with Crippen LogP contribution in [-0.2, 0) is 11.2 Å². The number of H-pyrrole nitrogens is 1. The van der Waals surface area contributed by atoms with Gasteiger partial charge >= 0.3 is 0 Å². The second kappa shape index (κ2) is 6.92. The first-order chi connectivity index (χ1) is 13.1. The minimum atomic E-state index is -0.302. The number of carbonyl (C=O) groups is 1. The fraction of sp³-hybridized carbons (Fsp3) is 0.0952. The number of benzene rings is 2. The fourth-order valence-electron chi connectivity index (χ4n) is 3.14. The molecule has 1 amide bonds. The van der Waals surface area contributed by atoms with Crippen LogP contribution in [0.4, 0.5) is 5.82 Å². The van der Waals surface area contributed by atoms with E-state index >= 15 is 0 Å². The number of amides is 1. The number of anilines is 1. The topological polar surface area (TPSA) is 79.3 Å². The van der Waals surface area contributed by atoms with Crippen LogP contribution in [0.1, 0.15) is 11.3 Å². The Labute approximate surface area is 155 Å². The molecule has 6 heteroatoms. The lowest BCUT2D eigenvalue weighted by Crippen LogP contribution is -2.20. The number of fused-ring (bicyclic) bond motifs is 1. The molecule has 0 fully saturated rings. The van der Waals surface area contributed by atoms with Gasteiger partial charge in [-0.05, 0) is 18.1 Å². The van der Waals surface area contributed by atoms with Gasteiger partial charge in [0.25, 0.3) is 5.56 Å². The molecule has 0 aliphatic rings. The van der Waals surface area contributed by atoms with Crippen molar-refractivity contribution in [3.63, 3.8) is 0 Å². The van der Waals surface area contributed by atoms with Crippen LogP contribution in [0.25, 0.3) is 16.8 Å². The molecule has 2 N–H and O–H groups in total. The van der Waals surface area contributed by atoms with Gasteiger partial charge in [-0.1, -0.05) is 60.7 Å². The van der Waals surface area contributed by atoms with Crippen LogP contribution < -0.4 is 10.9 Å². The Hall–Kier alpha value is -3.67. The summed E-state index contributed by atoms with van der Waals surface area (Å²) < 4.78 is 1.32. The Bertz CT molecular complexity index is 1160. The summed E-state index contributed by atoms with van der Waals surface area (Å²) in [6.45, 7) is 1.86. The number of aryl methyl sites for hydroxylation is 1. The molecule has 0 atom stereocenters. The zero-order valence-electron chi connectivity index (χ0n) is 14.8. The van der Waals surface area contributed by atoms with Crippen LogP contribution in [0, 0.1) is 6.92 Å². The maximum atomic E-state index is 12.5. The van der Waals surface area contributed by atoms with E-state index < -0.39 is 0 Å². The van der Waals surface area contributed by atoms with Gasteiger partial charge in [-0.25, -0.2) is 0 Å². The van der Waals surface area contributed by atoms with Gasteiger partial charge in [0.2, 0.25) is 5.91 Å². The van der Waals surface area contributed by atoms with Crippen molar-refractivity contribution in [2.24, 2.45) is 0 Å². The summed E-state index contributed by atoms with van der Waals surface area (Å²) in [5.41, 5.74) is 3.69. The Morgan fingerprint density at radius 3 is 2.44 bits per heavy atom. The monoisotopic (exact) mass is 358 g/mol. The molecule has 0 aliphatic heterocycles. The quantitative estimate of drug-likeness (QED) is 0.588. The van der Waals surface area contributed by atoms with E-state index in [1.165, 1.54) is 10.6 Å². The summed E-state index contributed by atoms with van der Waals surface area (Å²) in [4.78, 5) is 27.9. The van der Waals surface area contributed by atoms with Crippen molar-refractivity contribution >= 4 is 17.4 Å². The second-order valence-corrected chi connectivity index (χ2v) is 6.32. The molecule has 0 bridgehead atoms. The Balaban J connectivity index is 1.71. The number of aromatic nitrogens is 3. The number of nitrogens with zero attached hydrogens (tertiary/aromatic N) is 2.